The minimum absolute atomic E-state index is 0.220. The van der Waals surface area contributed by atoms with E-state index >= 15 is 0 Å². The molecule has 0 radical (unpaired) electrons. The van der Waals surface area contributed by atoms with Crippen LogP contribution in [0.2, 0.25) is 0 Å². The van der Waals surface area contributed by atoms with E-state index in [1.807, 2.05) is 6.07 Å². The van der Waals surface area contributed by atoms with Crippen molar-refractivity contribution in [2.24, 2.45) is 5.92 Å². The van der Waals surface area contributed by atoms with Crippen LogP contribution in [-0.2, 0) is 15.3 Å². The highest BCUT2D eigenvalue weighted by Gasteiger charge is 2.13. The molecule has 3 nitrogen and oxygen atoms in total. The summed E-state index contributed by atoms with van der Waals surface area (Å²) in [5, 5.41) is 8.73. The number of hydrogen-bond donors (Lipinski definition) is 0. The third kappa shape index (κ3) is 4.04. The Balaban J connectivity index is 2.54. The lowest BCUT2D eigenvalue weighted by atomic mass is 10.1. The molecule has 1 rings (SSSR count). The van der Waals surface area contributed by atoms with E-state index in [9.17, 15) is 9.18 Å². The first-order chi connectivity index (χ1) is 8.58. The summed E-state index contributed by atoms with van der Waals surface area (Å²) >= 11 is 1.44. The number of nitriles is 1. The third-order valence-corrected chi connectivity index (χ3v) is 3.65. The van der Waals surface area contributed by atoms with Gasteiger partial charge in [0.1, 0.15) is 5.82 Å². The van der Waals surface area contributed by atoms with Crippen molar-refractivity contribution in [3.63, 3.8) is 0 Å². The first kappa shape index (κ1) is 14.5. The zero-order valence-electron chi connectivity index (χ0n) is 10.3. The summed E-state index contributed by atoms with van der Waals surface area (Å²) in [5.41, 5.74) is 0.920. The second-order valence-corrected chi connectivity index (χ2v) is 4.89. The molecule has 0 saturated carbocycles. The van der Waals surface area contributed by atoms with Gasteiger partial charge in [-0.2, -0.15) is 17.0 Å². The number of esters is 1. The molecule has 0 amide bonds. The smallest absolute Gasteiger partial charge is 0.309 e. The van der Waals surface area contributed by atoms with Gasteiger partial charge in [0, 0.05) is 11.5 Å². The lowest BCUT2D eigenvalue weighted by molar-refractivity contribution is -0.143. The second kappa shape index (κ2) is 7.02. The van der Waals surface area contributed by atoms with Gasteiger partial charge in [0.05, 0.1) is 24.7 Å². The van der Waals surface area contributed by atoms with Gasteiger partial charge in [-0.25, -0.2) is 4.39 Å². The topological polar surface area (TPSA) is 50.1 Å². The van der Waals surface area contributed by atoms with Crippen LogP contribution in [0.1, 0.15) is 18.1 Å². The van der Waals surface area contributed by atoms with Gasteiger partial charge < -0.3 is 4.74 Å². The van der Waals surface area contributed by atoms with Crippen LogP contribution >= 0.6 is 11.8 Å². The number of ether oxygens (including phenoxy) is 1. The van der Waals surface area contributed by atoms with Crippen molar-refractivity contribution in [2.75, 3.05) is 12.9 Å². The Labute approximate surface area is 110 Å². The first-order valence-electron chi connectivity index (χ1n) is 5.42. The van der Waals surface area contributed by atoms with Crippen LogP contribution in [0.5, 0.6) is 0 Å². The maximum atomic E-state index is 13.4. The van der Waals surface area contributed by atoms with Crippen molar-refractivity contribution in [2.45, 2.75) is 12.7 Å². The molecule has 0 aliphatic rings. The van der Waals surface area contributed by atoms with Gasteiger partial charge >= 0.3 is 5.97 Å². The molecule has 1 aromatic carbocycles. The summed E-state index contributed by atoms with van der Waals surface area (Å²) in [6.07, 6.45) is 0. The highest BCUT2D eigenvalue weighted by atomic mass is 32.2. The number of hydrogen-bond acceptors (Lipinski definition) is 4. The summed E-state index contributed by atoms with van der Waals surface area (Å²) in [5.74, 6) is 0.175. The Morgan fingerprint density at radius 3 is 2.94 bits per heavy atom. The molecule has 18 heavy (non-hydrogen) atoms. The quantitative estimate of drug-likeness (QED) is 0.770. The van der Waals surface area contributed by atoms with Crippen LogP contribution in [0.25, 0.3) is 0 Å². The van der Waals surface area contributed by atoms with Crippen molar-refractivity contribution in [1.82, 2.24) is 0 Å². The van der Waals surface area contributed by atoms with Gasteiger partial charge in [0.15, 0.2) is 0 Å². The van der Waals surface area contributed by atoms with Crippen LogP contribution < -0.4 is 0 Å². The van der Waals surface area contributed by atoms with Crippen LogP contribution in [0.3, 0.4) is 0 Å². The van der Waals surface area contributed by atoms with E-state index in [4.69, 9.17) is 5.26 Å². The average molecular weight is 267 g/mol. The number of rotatable bonds is 5. The van der Waals surface area contributed by atoms with Gasteiger partial charge in [0.2, 0.25) is 0 Å². The largest absolute Gasteiger partial charge is 0.469 e. The molecule has 0 N–H and O–H groups in total. The molecular formula is C13H14FNO2S. The third-order valence-electron chi connectivity index (χ3n) is 2.40. The number of nitrogens with zero attached hydrogens (tertiary/aromatic N) is 1. The average Bonchev–Trinajstić information content (AvgIpc) is 2.39. The van der Waals surface area contributed by atoms with E-state index in [1.54, 1.807) is 6.92 Å². The molecule has 0 fully saturated rings. The molecule has 0 spiro atoms. The predicted molar refractivity (Wildman–Crippen MR) is 68.5 cm³/mol. The summed E-state index contributed by atoms with van der Waals surface area (Å²) in [7, 11) is 1.35. The Bertz CT molecular complexity index is 471. The van der Waals surface area contributed by atoms with Crippen LogP contribution in [0, 0.1) is 23.1 Å². The monoisotopic (exact) mass is 267 g/mol. The van der Waals surface area contributed by atoms with Crippen molar-refractivity contribution in [3.05, 3.63) is 35.1 Å². The highest BCUT2D eigenvalue weighted by Crippen LogP contribution is 2.19. The molecule has 0 bridgehead atoms. The van der Waals surface area contributed by atoms with Crippen molar-refractivity contribution in [3.8, 4) is 6.07 Å². The van der Waals surface area contributed by atoms with Crippen molar-refractivity contribution in [1.29, 1.82) is 5.26 Å². The Morgan fingerprint density at radius 1 is 1.61 bits per heavy atom. The fourth-order valence-electron chi connectivity index (χ4n) is 1.37. The minimum Gasteiger partial charge on any atom is -0.469 e. The summed E-state index contributed by atoms with van der Waals surface area (Å²) < 4.78 is 18.0. The maximum Gasteiger partial charge on any atom is 0.309 e. The van der Waals surface area contributed by atoms with E-state index in [0.29, 0.717) is 22.6 Å². The predicted octanol–water partition coefficient (Wildman–Crippen LogP) is 2.74. The lowest BCUT2D eigenvalue weighted by Gasteiger charge is -2.09. The van der Waals surface area contributed by atoms with E-state index in [1.165, 1.54) is 37.1 Å². The molecule has 0 aliphatic heterocycles. The number of carbonyl (C=O) groups is 1. The van der Waals surface area contributed by atoms with Crippen LogP contribution in [-0.4, -0.2) is 18.8 Å². The summed E-state index contributed by atoms with van der Waals surface area (Å²) in [4.78, 5) is 11.2. The molecule has 0 aromatic heterocycles. The number of halogens is 1. The van der Waals surface area contributed by atoms with Gasteiger partial charge in [0.25, 0.3) is 0 Å². The van der Waals surface area contributed by atoms with E-state index < -0.39 is 0 Å². The number of carbonyl (C=O) groups excluding carboxylic acids is 1. The molecular weight excluding hydrogens is 253 g/mol. The lowest BCUT2D eigenvalue weighted by Crippen LogP contribution is -2.14. The zero-order valence-corrected chi connectivity index (χ0v) is 11.1. The van der Waals surface area contributed by atoms with Crippen LogP contribution in [0.15, 0.2) is 18.2 Å². The summed E-state index contributed by atoms with van der Waals surface area (Å²) in [6.45, 7) is 1.76. The van der Waals surface area contributed by atoms with E-state index in [-0.39, 0.29) is 17.7 Å². The van der Waals surface area contributed by atoms with Crippen LogP contribution in [0.4, 0.5) is 4.39 Å². The first-order valence-corrected chi connectivity index (χ1v) is 6.58. The number of methoxy groups -OCH3 is 1. The molecule has 96 valence electrons. The standard InChI is InChI=1S/C13H14FNO2S/c1-9(13(16)17-2)7-18-8-11-5-10(6-15)3-4-12(11)14/h3-5,9H,7-8H2,1-2H3. The Kier molecular flexibility index (Phi) is 5.66. The van der Waals surface area contributed by atoms with Gasteiger partial charge in [-0.1, -0.05) is 6.92 Å². The SMILES string of the molecule is COC(=O)C(C)CSCc1cc(C#N)ccc1F. The van der Waals surface area contributed by atoms with Gasteiger partial charge in [-0.3, -0.25) is 4.79 Å². The molecule has 1 unspecified atom stereocenters. The highest BCUT2D eigenvalue weighted by molar-refractivity contribution is 7.98. The van der Waals surface area contributed by atoms with Crippen molar-refractivity contribution >= 4 is 17.7 Å². The number of benzene rings is 1. The number of thioether (sulfide) groups is 1. The normalized spacial score (nSPS) is 11.7. The zero-order chi connectivity index (χ0) is 13.5. The Morgan fingerprint density at radius 2 is 2.33 bits per heavy atom. The van der Waals surface area contributed by atoms with Crippen molar-refractivity contribution < 1.29 is 13.9 Å². The molecule has 5 heteroatoms. The minimum atomic E-state index is -0.327. The molecule has 0 heterocycles. The fourth-order valence-corrected chi connectivity index (χ4v) is 2.42. The van der Waals surface area contributed by atoms with E-state index in [0.717, 1.165) is 0 Å². The fraction of sp³-hybridized carbons (Fsp3) is 0.385. The Hall–Kier alpha value is -1.54. The van der Waals surface area contributed by atoms with Gasteiger partial charge in [-0.15, -0.1) is 0 Å². The molecule has 1 atom stereocenters. The molecule has 0 aliphatic carbocycles. The summed E-state index contributed by atoms with van der Waals surface area (Å²) in [6, 6.07) is 6.24. The maximum absolute atomic E-state index is 13.4. The molecule has 0 saturated heterocycles. The van der Waals surface area contributed by atoms with E-state index in [2.05, 4.69) is 4.74 Å². The van der Waals surface area contributed by atoms with Gasteiger partial charge in [-0.05, 0) is 23.8 Å². The second-order valence-electron chi connectivity index (χ2n) is 3.86. The molecule has 1 aromatic rings.